The Morgan fingerprint density at radius 2 is 1.88 bits per heavy atom. The number of aliphatic hydroxyl groups is 1. The number of hydrogen-bond donors (Lipinski definition) is 1. The van der Waals surface area contributed by atoms with Crippen LogP contribution in [0.5, 0.6) is 0 Å². The van der Waals surface area contributed by atoms with E-state index in [-0.39, 0.29) is 21.6 Å². The van der Waals surface area contributed by atoms with E-state index in [1.165, 1.54) is 0 Å². The van der Waals surface area contributed by atoms with Crippen LogP contribution < -0.4 is 0 Å². The topological polar surface area (TPSA) is 38.7 Å². The maximum absolute atomic E-state index is 10.2. The molecule has 6 saturated carbocycles. The maximum atomic E-state index is 10.2. The third kappa shape index (κ3) is 0.522. The summed E-state index contributed by atoms with van der Waals surface area (Å²) in [5.41, 5.74) is 0.240. The summed E-state index contributed by atoms with van der Waals surface area (Å²) in [6.07, 6.45) is -0.154. The highest BCUT2D eigenvalue weighted by atomic mass is 79.9. The van der Waals surface area contributed by atoms with Gasteiger partial charge in [-0.15, -0.1) is 0 Å². The fraction of sp³-hybridized carbons (Fsp3) is 1.00. The molecular formula is C13H15BrO3. The van der Waals surface area contributed by atoms with Crippen LogP contribution in [0.4, 0.5) is 0 Å². The van der Waals surface area contributed by atoms with Gasteiger partial charge in [0.25, 0.3) is 0 Å². The van der Waals surface area contributed by atoms with Crippen LogP contribution in [0.3, 0.4) is 0 Å². The van der Waals surface area contributed by atoms with Crippen molar-refractivity contribution in [1.29, 1.82) is 0 Å². The molecule has 9 atom stereocenters. The van der Waals surface area contributed by atoms with Crippen LogP contribution >= 0.6 is 15.9 Å². The van der Waals surface area contributed by atoms with Crippen molar-refractivity contribution < 1.29 is 14.6 Å². The van der Waals surface area contributed by atoms with Crippen molar-refractivity contribution >= 4 is 15.9 Å². The number of ether oxygens (including phenoxy) is 2. The lowest BCUT2D eigenvalue weighted by Gasteiger charge is -2.38. The molecule has 1 spiro atoms. The lowest BCUT2D eigenvalue weighted by atomic mass is 9.90. The van der Waals surface area contributed by atoms with E-state index < -0.39 is 0 Å². The summed E-state index contributed by atoms with van der Waals surface area (Å²) in [5.74, 6) is 3.79. The van der Waals surface area contributed by atoms with Gasteiger partial charge in [-0.25, -0.2) is 0 Å². The van der Waals surface area contributed by atoms with E-state index in [1.54, 1.807) is 0 Å². The van der Waals surface area contributed by atoms with E-state index in [4.69, 9.17) is 9.47 Å². The van der Waals surface area contributed by atoms with Gasteiger partial charge in [0.1, 0.15) is 0 Å². The van der Waals surface area contributed by atoms with Crippen molar-refractivity contribution in [3.05, 3.63) is 0 Å². The van der Waals surface area contributed by atoms with Gasteiger partial charge in [-0.1, -0.05) is 15.9 Å². The molecule has 7 fully saturated rings. The van der Waals surface area contributed by atoms with Crippen molar-refractivity contribution in [1.82, 2.24) is 0 Å². The minimum Gasteiger partial charge on any atom is -0.393 e. The Bertz CT molecular complexity index is 473. The summed E-state index contributed by atoms with van der Waals surface area (Å²) in [6.45, 7) is 3.49. The summed E-state index contributed by atoms with van der Waals surface area (Å²) in [6, 6.07) is 0. The molecule has 1 heterocycles. The van der Waals surface area contributed by atoms with Gasteiger partial charge in [-0.2, -0.15) is 0 Å². The highest BCUT2D eigenvalue weighted by Crippen LogP contribution is 3.05. The van der Waals surface area contributed by atoms with Gasteiger partial charge >= 0.3 is 0 Å². The summed E-state index contributed by atoms with van der Waals surface area (Å²) >= 11 is 4.05. The normalized spacial score (nSPS) is 75.7. The van der Waals surface area contributed by atoms with Crippen LogP contribution in [0.25, 0.3) is 0 Å². The lowest BCUT2D eigenvalue weighted by Crippen LogP contribution is -2.50. The second-order valence-corrected chi connectivity index (χ2v) is 8.28. The first-order chi connectivity index (χ1) is 8.13. The van der Waals surface area contributed by atoms with Gasteiger partial charge in [-0.05, 0) is 36.5 Å². The largest absolute Gasteiger partial charge is 0.393 e. The zero-order valence-electron chi connectivity index (χ0n) is 9.60. The Balaban J connectivity index is 1.60. The van der Waals surface area contributed by atoms with E-state index >= 15 is 0 Å². The standard InChI is InChI=1S/C13H15BrO3/c1-4(15)11-6-5-7(6)12(14)10(11)9(11)8(5)13(12)16-2-3-17-13/h4-10,15H,2-3H2,1H3/t4-,5+,6+,7-,8+,9-,10+,11-,12-/m0/s1. The van der Waals surface area contributed by atoms with E-state index in [9.17, 15) is 5.11 Å². The monoisotopic (exact) mass is 298 g/mol. The number of hydrogen-bond acceptors (Lipinski definition) is 3. The molecule has 6 aliphatic carbocycles. The van der Waals surface area contributed by atoms with Crippen LogP contribution in [-0.4, -0.2) is 34.5 Å². The lowest BCUT2D eigenvalue weighted by molar-refractivity contribution is -0.193. The highest BCUT2D eigenvalue weighted by Gasteiger charge is 3.09. The molecule has 17 heavy (non-hydrogen) atoms. The van der Waals surface area contributed by atoms with E-state index in [2.05, 4.69) is 15.9 Å². The third-order valence-electron chi connectivity index (χ3n) is 7.17. The number of alkyl halides is 1. The predicted octanol–water partition coefficient (Wildman–Crippen LogP) is 0.996. The van der Waals surface area contributed by atoms with Gasteiger partial charge in [0.2, 0.25) is 0 Å². The van der Waals surface area contributed by atoms with Crippen molar-refractivity contribution in [3.63, 3.8) is 0 Å². The number of aliphatic hydroxyl groups excluding tert-OH is 1. The van der Waals surface area contributed by atoms with Crippen LogP contribution in [-0.2, 0) is 9.47 Å². The average molecular weight is 299 g/mol. The quantitative estimate of drug-likeness (QED) is 0.734. The molecule has 3 nitrogen and oxygen atoms in total. The van der Waals surface area contributed by atoms with Gasteiger partial charge < -0.3 is 14.6 Å². The predicted molar refractivity (Wildman–Crippen MR) is 61.3 cm³/mol. The molecule has 1 saturated heterocycles. The van der Waals surface area contributed by atoms with Crippen LogP contribution in [0.2, 0.25) is 0 Å². The molecule has 7 rings (SSSR count). The van der Waals surface area contributed by atoms with Crippen LogP contribution in [0.15, 0.2) is 0 Å². The molecule has 0 aromatic heterocycles. The summed E-state index contributed by atoms with van der Waals surface area (Å²) < 4.78 is 12.2. The summed E-state index contributed by atoms with van der Waals surface area (Å²) in [4.78, 5) is 0. The van der Waals surface area contributed by atoms with Gasteiger partial charge in [0.05, 0.1) is 23.6 Å². The molecule has 1 aliphatic heterocycles. The van der Waals surface area contributed by atoms with Crippen molar-refractivity contribution in [2.45, 2.75) is 23.1 Å². The molecule has 0 radical (unpaired) electrons. The molecule has 92 valence electrons. The highest BCUT2D eigenvalue weighted by molar-refractivity contribution is 9.10. The van der Waals surface area contributed by atoms with E-state index in [0.29, 0.717) is 17.8 Å². The fourth-order valence-electron chi connectivity index (χ4n) is 7.30. The van der Waals surface area contributed by atoms with Gasteiger partial charge in [-0.3, -0.25) is 0 Å². The molecular weight excluding hydrogens is 284 g/mol. The Kier molecular flexibility index (Phi) is 1.12. The second kappa shape index (κ2) is 2.05. The minimum atomic E-state index is -0.316. The van der Waals surface area contributed by atoms with Gasteiger partial charge in [0.15, 0.2) is 5.79 Å². The van der Waals surface area contributed by atoms with E-state index in [0.717, 1.165) is 31.0 Å². The molecule has 4 heteroatoms. The van der Waals surface area contributed by atoms with Crippen molar-refractivity contribution in [2.75, 3.05) is 13.2 Å². The Hall–Kier alpha value is 0.360. The van der Waals surface area contributed by atoms with Crippen molar-refractivity contribution in [3.8, 4) is 0 Å². The smallest absolute Gasteiger partial charge is 0.187 e. The molecule has 0 aromatic carbocycles. The molecule has 1 N–H and O–H groups in total. The first-order valence-corrected chi connectivity index (χ1v) is 7.57. The average Bonchev–Trinajstić information content (AvgIpc) is 2.97. The Morgan fingerprint density at radius 3 is 2.29 bits per heavy atom. The first kappa shape index (κ1) is 9.29. The number of rotatable bonds is 1. The van der Waals surface area contributed by atoms with E-state index in [1.807, 2.05) is 6.92 Å². The Morgan fingerprint density at radius 1 is 1.18 bits per heavy atom. The second-order valence-electron chi connectivity index (χ2n) is 6.97. The molecule has 7 aliphatic rings. The van der Waals surface area contributed by atoms with Crippen LogP contribution in [0, 0.1) is 40.9 Å². The molecule has 0 unspecified atom stereocenters. The first-order valence-electron chi connectivity index (χ1n) is 6.78. The van der Waals surface area contributed by atoms with Gasteiger partial charge in [0, 0.05) is 11.3 Å². The Labute approximate surface area is 108 Å². The molecule has 0 aromatic rings. The number of halogens is 1. The third-order valence-corrected chi connectivity index (χ3v) is 8.75. The molecule has 2 bridgehead atoms. The summed E-state index contributed by atoms with van der Waals surface area (Å²) in [5, 5.41) is 10.2. The molecule has 0 amide bonds. The minimum absolute atomic E-state index is 0.0398. The fourth-order valence-corrected chi connectivity index (χ4v) is 9.06. The SMILES string of the molecule is C[C@H](O)[C@]12[C@@H]3[C@H]4[C@@H]5[C@H]1[C@H]2[C@@](Br)([C@@H]43)C51OCCO1. The maximum Gasteiger partial charge on any atom is 0.187 e. The zero-order chi connectivity index (χ0) is 11.4. The summed E-state index contributed by atoms with van der Waals surface area (Å²) in [7, 11) is 0. The van der Waals surface area contributed by atoms with Crippen LogP contribution in [0.1, 0.15) is 6.92 Å². The van der Waals surface area contributed by atoms with Crippen molar-refractivity contribution in [2.24, 2.45) is 40.9 Å². The zero-order valence-corrected chi connectivity index (χ0v) is 11.2.